The summed E-state index contributed by atoms with van der Waals surface area (Å²) in [5.41, 5.74) is 2.20. The van der Waals surface area contributed by atoms with Crippen molar-refractivity contribution in [2.75, 3.05) is 13.1 Å². The fraction of sp³-hybridized carbons (Fsp3) is 0.412. The van der Waals surface area contributed by atoms with Crippen LogP contribution in [0.25, 0.3) is 0 Å². The van der Waals surface area contributed by atoms with Crippen molar-refractivity contribution in [2.45, 2.75) is 32.2 Å². The highest BCUT2D eigenvalue weighted by Gasteiger charge is 2.24. The van der Waals surface area contributed by atoms with E-state index in [2.05, 4.69) is 16.5 Å². The molecule has 0 spiro atoms. The van der Waals surface area contributed by atoms with Crippen LogP contribution in [-0.4, -0.2) is 33.4 Å². The van der Waals surface area contributed by atoms with E-state index in [-0.39, 0.29) is 5.91 Å². The van der Waals surface area contributed by atoms with Gasteiger partial charge in [-0.15, -0.1) is 0 Å². The van der Waals surface area contributed by atoms with E-state index in [9.17, 15) is 4.79 Å². The average Bonchev–Trinajstić information content (AvgIpc) is 2.96. The Hall–Kier alpha value is -1.81. The highest BCUT2D eigenvalue weighted by Crippen LogP contribution is 2.24. The Balaban J connectivity index is 1.56. The number of aryl methyl sites for hydroxylation is 1. The van der Waals surface area contributed by atoms with Crippen molar-refractivity contribution in [3.05, 3.63) is 53.1 Å². The van der Waals surface area contributed by atoms with Crippen molar-refractivity contribution in [1.29, 1.82) is 0 Å². The summed E-state index contributed by atoms with van der Waals surface area (Å²) in [4.78, 5) is 18.5. The van der Waals surface area contributed by atoms with Crippen molar-refractivity contribution in [2.24, 2.45) is 0 Å². The molecule has 2 aromatic rings. The van der Waals surface area contributed by atoms with Gasteiger partial charge in [-0.2, -0.15) is 0 Å². The largest absolute Gasteiger partial charge is 0.342 e. The molecule has 4 nitrogen and oxygen atoms in total. The molecular weight excluding hydrogens is 298 g/mol. The smallest absolute Gasteiger partial charge is 0.226 e. The van der Waals surface area contributed by atoms with Crippen molar-refractivity contribution >= 4 is 17.5 Å². The van der Waals surface area contributed by atoms with Crippen LogP contribution in [0.3, 0.4) is 0 Å². The van der Waals surface area contributed by atoms with Crippen LogP contribution in [-0.2, 0) is 11.2 Å². The van der Waals surface area contributed by atoms with Crippen LogP contribution in [0.15, 0.2) is 36.8 Å². The molecule has 3 rings (SSSR count). The van der Waals surface area contributed by atoms with Gasteiger partial charge in [0, 0.05) is 36.0 Å². The van der Waals surface area contributed by atoms with Crippen molar-refractivity contribution < 1.29 is 4.79 Å². The van der Waals surface area contributed by atoms with Crippen LogP contribution >= 0.6 is 11.6 Å². The summed E-state index contributed by atoms with van der Waals surface area (Å²) in [5, 5.41) is 0.702. The van der Waals surface area contributed by atoms with Gasteiger partial charge >= 0.3 is 0 Å². The number of benzene rings is 1. The summed E-state index contributed by atoms with van der Waals surface area (Å²) >= 11 is 5.87. The summed E-state index contributed by atoms with van der Waals surface area (Å²) in [6.45, 7) is 3.70. The van der Waals surface area contributed by atoms with Crippen LogP contribution in [0, 0.1) is 6.92 Å². The van der Waals surface area contributed by atoms with Crippen LogP contribution in [0.4, 0.5) is 0 Å². The number of carbonyl (C=O) groups is 1. The lowest BCUT2D eigenvalue weighted by Gasteiger charge is -2.33. The normalized spacial score (nSPS) is 16.0. The monoisotopic (exact) mass is 317 g/mol. The lowest BCUT2D eigenvalue weighted by atomic mass is 10.0. The number of amides is 1. The second-order valence-electron chi connectivity index (χ2n) is 5.86. The predicted octanol–water partition coefficient (Wildman–Crippen LogP) is 3.25. The minimum absolute atomic E-state index is 0.197. The topological polar surface area (TPSA) is 38.1 Å². The number of nitrogens with zero attached hydrogens (tertiary/aromatic N) is 3. The molecule has 1 fully saturated rings. The average molecular weight is 318 g/mol. The third-order valence-electron chi connectivity index (χ3n) is 4.34. The molecule has 116 valence electrons. The Morgan fingerprint density at radius 2 is 1.95 bits per heavy atom. The van der Waals surface area contributed by atoms with Crippen molar-refractivity contribution in [3.8, 4) is 0 Å². The number of imidazole rings is 1. The van der Waals surface area contributed by atoms with Gasteiger partial charge in [-0.1, -0.05) is 23.7 Å². The molecule has 1 aliphatic rings. The summed E-state index contributed by atoms with van der Waals surface area (Å²) in [6, 6.07) is 7.96. The third-order valence-corrected chi connectivity index (χ3v) is 4.59. The zero-order valence-electron chi connectivity index (χ0n) is 12.7. The van der Waals surface area contributed by atoms with Gasteiger partial charge in [-0.05, 0) is 37.5 Å². The molecular formula is C17H20ClN3O. The second-order valence-corrected chi connectivity index (χ2v) is 6.29. The quantitative estimate of drug-likeness (QED) is 0.871. The lowest BCUT2D eigenvalue weighted by Crippen LogP contribution is -2.39. The third kappa shape index (κ3) is 3.33. The zero-order chi connectivity index (χ0) is 15.5. The van der Waals surface area contributed by atoms with E-state index >= 15 is 0 Å². The van der Waals surface area contributed by atoms with Gasteiger partial charge in [0.15, 0.2) is 0 Å². The molecule has 0 aliphatic carbocycles. The first-order valence-corrected chi connectivity index (χ1v) is 8.02. The number of hydrogen-bond donors (Lipinski definition) is 0. The number of piperidine rings is 1. The number of hydrogen-bond acceptors (Lipinski definition) is 2. The van der Waals surface area contributed by atoms with E-state index in [0.29, 0.717) is 17.5 Å². The Kier molecular flexibility index (Phi) is 4.48. The molecule has 2 heterocycles. The standard InChI is InChI=1S/C17H20ClN3O/c1-13-11-19-12-21(13)16-6-8-20(9-7-16)17(22)10-14-2-4-15(18)5-3-14/h2-5,11-12,16H,6-10H2,1H3. The zero-order valence-corrected chi connectivity index (χ0v) is 13.5. The highest BCUT2D eigenvalue weighted by molar-refractivity contribution is 6.30. The van der Waals surface area contributed by atoms with Crippen LogP contribution < -0.4 is 0 Å². The van der Waals surface area contributed by atoms with E-state index in [1.807, 2.05) is 41.7 Å². The van der Waals surface area contributed by atoms with Gasteiger partial charge in [-0.25, -0.2) is 4.98 Å². The summed E-state index contributed by atoms with van der Waals surface area (Å²) in [6.07, 6.45) is 6.21. The van der Waals surface area contributed by atoms with Crippen LogP contribution in [0.2, 0.25) is 5.02 Å². The SMILES string of the molecule is Cc1cncn1C1CCN(C(=O)Cc2ccc(Cl)cc2)CC1. The van der Waals surface area contributed by atoms with E-state index in [0.717, 1.165) is 31.5 Å². The molecule has 1 aromatic carbocycles. The van der Waals surface area contributed by atoms with Crippen LogP contribution in [0.1, 0.15) is 30.1 Å². The number of carbonyl (C=O) groups excluding carboxylic acids is 1. The maximum atomic E-state index is 12.4. The summed E-state index contributed by atoms with van der Waals surface area (Å²) in [7, 11) is 0. The van der Waals surface area contributed by atoms with E-state index in [1.54, 1.807) is 0 Å². The fourth-order valence-electron chi connectivity index (χ4n) is 3.04. The predicted molar refractivity (Wildman–Crippen MR) is 87.0 cm³/mol. The molecule has 0 N–H and O–H groups in total. The molecule has 0 bridgehead atoms. The van der Waals surface area contributed by atoms with Gasteiger partial charge < -0.3 is 9.47 Å². The molecule has 1 saturated heterocycles. The molecule has 5 heteroatoms. The Morgan fingerprint density at radius 3 is 2.55 bits per heavy atom. The minimum atomic E-state index is 0.197. The Labute approximate surface area is 135 Å². The summed E-state index contributed by atoms with van der Waals surface area (Å²) < 4.78 is 2.22. The molecule has 1 amide bonds. The van der Waals surface area contributed by atoms with Gasteiger partial charge in [0.05, 0.1) is 12.7 Å². The highest BCUT2D eigenvalue weighted by atomic mass is 35.5. The van der Waals surface area contributed by atoms with E-state index < -0.39 is 0 Å². The molecule has 0 radical (unpaired) electrons. The number of rotatable bonds is 3. The first-order valence-electron chi connectivity index (χ1n) is 7.64. The van der Waals surface area contributed by atoms with Gasteiger partial charge in [0.2, 0.25) is 5.91 Å². The second kappa shape index (κ2) is 6.53. The van der Waals surface area contributed by atoms with Crippen molar-refractivity contribution in [1.82, 2.24) is 14.5 Å². The van der Waals surface area contributed by atoms with Crippen LogP contribution in [0.5, 0.6) is 0 Å². The first kappa shape index (κ1) is 15.1. The van der Waals surface area contributed by atoms with E-state index in [4.69, 9.17) is 11.6 Å². The Morgan fingerprint density at radius 1 is 1.27 bits per heavy atom. The van der Waals surface area contributed by atoms with Gasteiger partial charge in [0.1, 0.15) is 0 Å². The number of halogens is 1. The molecule has 22 heavy (non-hydrogen) atoms. The lowest BCUT2D eigenvalue weighted by molar-refractivity contribution is -0.131. The molecule has 1 aliphatic heterocycles. The summed E-state index contributed by atoms with van der Waals surface area (Å²) in [5.74, 6) is 0.197. The van der Waals surface area contributed by atoms with E-state index in [1.165, 1.54) is 5.69 Å². The van der Waals surface area contributed by atoms with Gasteiger partial charge in [-0.3, -0.25) is 4.79 Å². The number of aromatic nitrogens is 2. The maximum Gasteiger partial charge on any atom is 0.226 e. The maximum absolute atomic E-state index is 12.4. The van der Waals surface area contributed by atoms with Crippen molar-refractivity contribution in [3.63, 3.8) is 0 Å². The van der Waals surface area contributed by atoms with Gasteiger partial charge in [0.25, 0.3) is 0 Å². The number of likely N-dealkylation sites (tertiary alicyclic amines) is 1. The molecule has 0 atom stereocenters. The molecule has 1 aromatic heterocycles. The minimum Gasteiger partial charge on any atom is -0.342 e. The first-order chi connectivity index (χ1) is 10.6. The fourth-order valence-corrected chi connectivity index (χ4v) is 3.16. The molecule has 0 unspecified atom stereocenters. The Bertz CT molecular complexity index is 642. The molecule has 0 saturated carbocycles.